The lowest BCUT2D eigenvalue weighted by molar-refractivity contribution is 0.295. The van der Waals surface area contributed by atoms with Gasteiger partial charge in [0.25, 0.3) is 0 Å². The Morgan fingerprint density at radius 2 is 2.17 bits per heavy atom. The standard InChI is InChI=1S/C13H15ClFNO2/c14-9-6-10-13(18-5-1-4-17-10)11(12(9)15)8-2-3-16-7-8/h6,8,16H,1-5,7H2. The van der Waals surface area contributed by atoms with Crippen LogP contribution in [-0.2, 0) is 0 Å². The maximum Gasteiger partial charge on any atom is 0.167 e. The van der Waals surface area contributed by atoms with E-state index in [1.54, 1.807) is 0 Å². The zero-order chi connectivity index (χ0) is 12.5. The van der Waals surface area contributed by atoms with Crippen molar-refractivity contribution < 1.29 is 13.9 Å². The van der Waals surface area contributed by atoms with Crippen LogP contribution in [0.3, 0.4) is 0 Å². The molecule has 1 atom stereocenters. The van der Waals surface area contributed by atoms with Gasteiger partial charge in [0.05, 0.1) is 18.2 Å². The fourth-order valence-corrected chi connectivity index (χ4v) is 2.74. The topological polar surface area (TPSA) is 30.5 Å². The summed E-state index contributed by atoms with van der Waals surface area (Å²) in [6, 6.07) is 1.52. The van der Waals surface area contributed by atoms with Gasteiger partial charge in [0, 0.05) is 30.5 Å². The highest BCUT2D eigenvalue weighted by Gasteiger charge is 2.29. The first-order chi connectivity index (χ1) is 8.77. The summed E-state index contributed by atoms with van der Waals surface area (Å²) in [5.41, 5.74) is 0.574. The molecule has 3 nitrogen and oxygen atoms in total. The van der Waals surface area contributed by atoms with Crippen LogP contribution in [0.15, 0.2) is 6.07 Å². The largest absolute Gasteiger partial charge is 0.489 e. The Labute approximate surface area is 110 Å². The van der Waals surface area contributed by atoms with E-state index in [0.29, 0.717) is 30.3 Å². The number of rotatable bonds is 1. The van der Waals surface area contributed by atoms with Gasteiger partial charge in [-0.3, -0.25) is 0 Å². The van der Waals surface area contributed by atoms with Crippen LogP contribution in [-0.4, -0.2) is 26.3 Å². The summed E-state index contributed by atoms with van der Waals surface area (Å²) in [4.78, 5) is 0. The molecule has 2 aliphatic heterocycles. The predicted molar refractivity (Wildman–Crippen MR) is 67.2 cm³/mol. The van der Waals surface area contributed by atoms with Crippen molar-refractivity contribution in [2.75, 3.05) is 26.3 Å². The maximum atomic E-state index is 14.3. The smallest absolute Gasteiger partial charge is 0.167 e. The quantitative estimate of drug-likeness (QED) is 0.852. The van der Waals surface area contributed by atoms with Crippen molar-refractivity contribution in [2.24, 2.45) is 0 Å². The van der Waals surface area contributed by atoms with Gasteiger partial charge < -0.3 is 14.8 Å². The van der Waals surface area contributed by atoms with Gasteiger partial charge in [0.15, 0.2) is 11.5 Å². The van der Waals surface area contributed by atoms with Crippen LogP contribution >= 0.6 is 11.6 Å². The molecule has 2 aliphatic rings. The summed E-state index contributed by atoms with van der Waals surface area (Å²) in [7, 11) is 0. The van der Waals surface area contributed by atoms with Gasteiger partial charge in [-0.1, -0.05) is 11.6 Å². The number of hydrogen-bond donors (Lipinski definition) is 1. The van der Waals surface area contributed by atoms with E-state index < -0.39 is 0 Å². The molecule has 0 aromatic heterocycles. The van der Waals surface area contributed by atoms with Gasteiger partial charge in [-0.2, -0.15) is 0 Å². The average Bonchev–Trinajstić information content (AvgIpc) is 2.78. The van der Waals surface area contributed by atoms with E-state index in [2.05, 4.69) is 5.32 Å². The van der Waals surface area contributed by atoms with Crippen LogP contribution < -0.4 is 14.8 Å². The second kappa shape index (κ2) is 4.94. The first-order valence-electron chi connectivity index (χ1n) is 6.25. The third-order valence-corrected chi connectivity index (χ3v) is 3.71. The van der Waals surface area contributed by atoms with Crippen LogP contribution in [0.1, 0.15) is 24.3 Å². The van der Waals surface area contributed by atoms with E-state index in [0.717, 1.165) is 25.9 Å². The third kappa shape index (κ3) is 2.04. The summed E-state index contributed by atoms with van der Waals surface area (Å²) in [5.74, 6) is 0.859. The number of nitrogens with one attached hydrogen (secondary N) is 1. The fraction of sp³-hybridized carbons (Fsp3) is 0.538. The Bertz CT molecular complexity index is 461. The van der Waals surface area contributed by atoms with Gasteiger partial charge in [0.2, 0.25) is 0 Å². The van der Waals surface area contributed by atoms with Gasteiger partial charge >= 0.3 is 0 Å². The Hall–Kier alpha value is -1.00. The van der Waals surface area contributed by atoms with Crippen molar-refractivity contribution in [3.8, 4) is 11.5 Å². The first-order valence-corrected chi connectivity index (χ1v) is 6.63. The molecule has 1 aromatic rings. The molecule has 0 radical (unpaired) electrons. The second-order valence-electron chi connectivity index (χ2n) is 4.65. The molecule has 1 fully saturated rings. The molecule has 0 spiro atoms. The highest BCUT2D eigenvalue weighted by Crippen LogP contribution is 2.43. The summed E-state index contributed by atoms with van der Waals surface area (Å²) >= 11 is 5.95. The minimum Gasteiger partial charge on any atom is -0.489 e. The maximum absolute atomic E-state index is 14.3. The van der Waals surface area contributed by atoms with E-state index in [9.17, 15) is 4.39 Å². The molecular formula is C13H15ClFNO2. The molecule has 1 N–H and O–H groups in total. The van der Waals surface area contributed by atoms with E-state index in [1.807, 2.05) is 0 Å². The Morgan fingerprint density at radius 3 is 2.94 bits per heavy atom. The lowest BCUT2D eigenvalue weighted by atomic mass is 9.96. The van der Waals surface area contributed by atoms with Crippen molar-refractivity contribution in [1.29, 1.82) is 0 Å². The molecular weight excluding hydrogens is 257 g/mol. The van der Waals surface area contributed by atoms with E-state index in [-0.39, 0.29) is 16.8 Å². The zero-order valence-electron chi connectivity index (χ0n) is 9.97. The van der Waals surface area contributed by atoms with E-state index >= 15 is 0 Å². The van der Waals surface area contributed by atoms with Crippen molar-refractivity contribution in [1.82, 2.24) is 5.32 Å². The highest BCUT2D eigenvalue weighted by atomic mass is 35.5. The molecule has 0 bridgehead atoms. The summed E-state index contributed by atoms with van der Waals surface area (Å²) < 4.78 is 25.5. The van der Waals surface area contributed by atoms with Gasteiger partial charge in [-0.25, -0.2) is 4.39 Å². The number of hydrogen-bond acceptors (Lipinski definition) is 3. The minimum atomic E-state index is -0.366. The summed E-state index contributed by atoms with van der Waals surface area (Å²) in [6.45, 7) is 2.79. The molecule has 3 rings (SSSR count). The van der Waals surface area contributed by atoms with Crippen LogP contribution in [0, 0.1) is 5.82 Å². The minimum absolute atomic E-state index is 0.110. The van der Waals surface area contributed by atoms with Crippen molar-refractivity contribution in [3.05, 3.63) is 22.5 Å². The second-order valence-corrected chi connectivity index (χ2v) is 5.06. The Balaban J connectivity index is 2.11. The number of fused-ring (bicyclic) bond motifs is 1. The number of ether oxygens (including phenoxy) is 2. The van der Waals surface area contributed by atoms with E-state index in [1.165, 1.54) is 6.07 Å². The third-order valence-electron chi connectivity index (χ3n) is 3.43. The zero-order valence-corrected chi connectivity index (χ0v) is 10.7. The van der Waals surface area contributed by atoms with Crippen molar-refractivity contribution in [3.63, 3.8) is 0 Å². The monoisotopic (exact) mass is 271 g/mol. The van der Waals surface area contributed by atoms with Crippen LogP contribution in [0.4, 0.5) is 4.39 Å². The van der Waals surface area contributed by atoms with Crippen molar-refractivity contribution in [2.45, 2.75) is 18.8 Å². The number of benzene rings is 1. The predicted octanol–water partition coefficient (Wildman–Crippen LogP) is 2.72. The molecule has 18 heavy (non-hydrogen) atoms. The Morgan fingerprint density at radius 1 is 1.33 bits per heavy atom. The average molecular weight is 272 g/mol. The summed E-state index contributed by atoms with van der Waals surface area (Å²) in [5, 5.41) is 3.35. The van der Waals surface area contributed by atoms with E-state index in [4.69, 9.17) is 21.1 Å². The Kier molecular flexibility index (Phi) is 3.31. The van der Waals surface area contributed by atoms with Crippen LogP contribution in [0.2, 0.25) is 5.02 Å². The molecule has 98 valence electrons. The van der Waals surface area contributed by atoms with Crippen molar-refractivity contribution >= 4 is 11.6 Å². The first kappa shape index (κ1) is 12.1. The van der Waals surface area contributed by atoms with Gasteiger partial charge in [-0.15, -0.1) is 0 Å². The molecule has 5 heteroatoms. The molecule has 0 amide bonds. The molecule has 0 aliphatic carbocycles. The number of halogens is 2. The lowest BCUT2D eigenvalue weighted by Gasteiger charge is -2.18. The summed E-state index contributed by atoms with van der Waals surface area (Å²) in [6.07, 6.45) is 1.70. The van der Waals surface area contributed by atoms with Crippen LogP contribution in [0.5, 0.6) is 11.5 Å². The molecule has 1 saturated heterocycles. The molecule has 1 unspecified atom stereocenters. The van der Waals surface area contributed by atoms with Gasteiger partial charge in [0.1, 0.15) is 5.82 Å². The SMILES string of the molecule is Fc1c(Cl)cc2c(c1C1CCNC1)OCCCO2. The lowest BCUT2D eigenvalue weighted by Crippen LogP contribution is -2.11. The molecule has 2 heterocycles. The van der Waals surface area contributed by atoms with Crippen LogP contribution in [0.25, 0.3) is 0 Å². The molecule has 0 saturated carbocycles. The fourth-order valence-electron chi connectivity index (χ4n) is 2.54. The van der Waals surface area contributed by atoms with Gasteiger partial charge in [-0.05, 0) is 13.0 Å². The highest BCUT2D eigenvalue weighted by molar-refractivity contribution is 6.31. The normalized spacial score (nSPS) is 22.9. The molecule has 1 aromatic carbocycles.